The van der Waals surface area contributed by atoms with Crippen LogP contribution in [0.5, 0.6) is 0 Å². The maximum atomic E-state index is 13.2. The third kappa shape index (κ3) is 4.68. The zero-order valence-electron chi connectivity index (χ0n) is 10.5. The highest BCUT2D eigenvalue weighted by molar-refractivity contribution is 6.80. The number of hydrogen-bond acceptors (Lipinski definition) is 2. The van der Waals surface area contributed by atoms with Gasteiger partial charge < -0.3 is 9.96 Å². The number of rotatable bonds is 3. The molecule has 0 aliphatic carbocycles. The lowest BCUT2D eigenvalue weighted by Gasteiger charge is -2.36. The van der Waals surface area contributed by atoms with E-state index in [9.17, 15) is 57.9 Å². The van der Waals surface area contributed by atoms with Gasteiger partial charge in [-0.15, -0.1) is 0 Å². The summed E-state index contributed by atoms with van der Waals surface area (Å²) in [5, 5.41) is 0. The third-order valence-corrected chi connectivity index (χ3v) is 5.22. The van der Waals surface area contributed by atoms with Gasteiger partial charge in [0.15, 0.2) is 0 Å². The molecule has 0 unspecified atom stereocenters. The number of carbonyl (C=O) groups is 2. The van der Waals surface area contributed by atoms with Crippen molar-refractivity contribution >= 4 is 20.2 Å². The molecule has 4 nitrogen and oxygen atoms in total. The molecule has 0 rings (SSSR count). The summed E-state index contributed by atoms with van der Waals surface area (Å²) in [7, 11) is -6.56. The molecule has 0 aliphatic heterocycles. The van der Waals surface area contributed by atoms with Gasteiger partial charge in [0.2, 0.25) is 0 Å². The van der Waals surface area contributed by atoms with E-state index >= 15 is 0 Å². The van der Waals surface area contributed by atoms with Gasteiger partial charge in [0.25, 0.3) is 0 Å². The Kier molecular flexibility index (Phi) is 5.38. The van der Waals surface area contributed by atoms with Crippen LogP contribution in [0.2, 0.25) is 6.55 Å². The SMILES string of the molecule is C[Si](NC(=O)C(F)(F)F)(NC(=O)C(F)(F)F)C(F)(F)C(F)(F)F. The van der Waals surface area contributed by atoms with Crippen LogP contribution in [0, 0.1) is 0 Å². The van der Waals surface area contributed by atoms with E-state index in [1.54, 1.807) is 0 Å². The standard InChI is InChI=1S/C7H5F11N2O2Si/c1-23(7(17,18)6(14,15)16,19-2(21)4(8,9)10)20-3(22)5(11,12)13/h1H3,(H,19,21)(H,20,22). The van der Waals surface area contributed by atoms with E-state index in [2.05, 4.69) is 0 Å². The van der Waals surface area contributed by atoms with Gasteiger partial charge in [-0.1, -0.05) is 0 Å². The highest BCUT2D eigenvalue weighted by Crippen LogP contribution is 2.41. The number of nitrogens with one attached hydrogen (secondary N) is 2. The molecule has 16 heteroatoms. The fraction of sp³-hybridized carbons (Fsp3) is 0.714. The van der Waals surface area contributed by atoms with Crippen molar-refractivity contribution in [2.75, 3.05) is 0 Å². The van der Waals surface area contributed by atoms with E-state index in [1.807, 2.05) is 0 Å². The second-order valence-corrected chi connectivity index (χ2v) is 7.48. The summed E-state index contributed by atoms with van der Waals surface area (Å²) in [6.45, 7) is -0.423. The summed E-state index contributed by atoms with van der Waals surface area (Å²) in [6.07, 6.45) is -18.6. The fourth-order valence-corrected chi connectivity index (χ4v) is 3.20. The first kappa shape index (κ1) is 21.4. The summed E-state index contributed by atoms with van der Waals surface area (Å²) >= 11 is 0. The lowest BCUT2D eigenvalue weighted by Crippen LogP contribution is -2.79. The molecule has 0 fully saturated rings. The first-order valence-electron chi connectivity index (χ1n) is 4.99. The Hall–Kier alpha value is -1.61. The van der Waals surface area contributed by atoms with Crippen molar-refractivity contribution in [2.45, 2.75) is 30.6 Å². The Balaban J connectivity index is 5.91. The van der Waals surface area contributed by atoms with Crippen LogP contribution in [-0.2, 0) is 9.59 Å². The van der Waals surface area contributed by atoms with Gasteiger partial charge in [-0.3, -0.25) is 9.59 Å². The summed E-state index contributed by atoms with van der Waals surface area (Å²) in [5.41, 5.74) is -6.23. The summed E-state index contributed by atoms with van der Waals surface area (Å²) in [5.74, 6) is -6.73. The van der Waals surface area contributed by atoms with Gasteiger partial charge in [-0.2, -0.15) is 48.3 Å². The molecule has 0 saturated heterocycles. The number of alkyl halides is 11. The van der Waals surface area contributed by atoms with E-state index < -0.39 is 50.8 Å². The van der Waals surface area contributed by atoms with E-state index in [0.29, 0.717) is 0 Å². The predicted octanol–water partition coefficient (Wildman–Crippen LogP) is 2.15. The van der Waals surface area contributed by atoms with Gasteiger partial charge >= 0.3 is 44.3 Å². The quantitative estimate of drug-likeness (QED) is 0.577. The average Bonchev–Trinajstić information content (AvgIpc) is 2.23. The summed E-state index contributed by atoms with van der Waals surface area (Å²) < 4.78 is 135. The Morgan fingerprint density at radius 1 is 0.696 bits per heavy atom. The normalized spacial score (nSPS) is 14.4. The first-order valence-corrected chi connectivity index (χ1v) is 7.49. The van der Waals surface area contributed by atoms with Crippen molar-refractivity contribution in [3.63, 3.8) is 0 Å². The molecule has 0 atom stereocenters. The fourth-order valence-electron chi connectivity index (χ4n) is 1.07. The molecule has 0 aromatic carbocycles. The third-order valence-electron chi connectivity index (χ3n) is 2.23. The van der Waals surface area contributed by atoms with E-state index in [1.165, 1.54) is 0 Å². The largest absolute Gasteiger partial charge is 0.470 e. The summed E-state index contributed by atoms with van der Waals surface area (Å²) in [6, 6.07) is 0. The Bertz CT molecular complexity index is 452. The lowest BCUT2D eigenvalue weighted by atomic mass is 10.6. The molecule has 0 aromatic heterocycles. The number of carbonyl (C=O) groups excluding carboxylic acids is 2. The van der Waals surface area contributed by atoms with Crippen molar-refractivity contribution in [2.24, 2.45) is 0 Å². The second kappa shape index (κ2) is 5.79. The van der Waals surface area contributed by atoms with E-state index in [4.69, 9.17) is 0 Å². The molecule has 23 heavy (non-hydrogen) atoms. The molecule has 2 amide bonds. The Morgan fingerprint density at radius 2 is 0.957 bits per heavy atom. The monoisotopic (exact) mass is 386 g/mol. The van der Waals surface area contributed by atoms with Crippen LogP contribution in [0.4, 0.5) is 48.3 Å². The average molecular weight is 386 g/mol. The van der Waals surface area contributed by atoms with Crippen molar-refractivity contribution in [3.05, 3.63) is 0 Å². The molecular weight excluding hydrogens is 381 g/mol. The molecule has 0 bridgehead atoms. The zero-order valence-corrected chi connectivity index (χ0v) is 11.5. The van der Waals surface area contributed by atoms with Crippen molar-refractivity contribution in [1.82, 2.24) is 9.96 Å². The summed E-state index contributed by atoms with van der Waals surface area (Å²) in [4.78, 5) is 21.4. The molecule has 0 aromatic rings. The van der Waals surface area contributed by atoms with Crippen molar-refractivity contribution in [3.8, 4) is 0 Å². The van der Waals surface area contributed by atoms with Crippen LogP contribution in [-0.4, -0.2) is 44.3 Å². The molecule has 0 radical (unpaired) electrons. The minimum atomic E-state index is -6.63. The minimum Gasteiger partial charge on any atom is -0.353 e. The van der Waals surface area contributed by atoms with Crippen LogP contribution >= 0.6 is 0 Å². The van der Waals surface area contributed by atoms with Crippen LogP contribution in [0.25, 0.3) is 0 Å². The minimum absolute atomic E-state index is 0.156. The maximum Gasteiger partial charge on any atom is 0.470 e. The van der Waals surface area contributed by atoms with Gasteiger partial charge in [-0.25, -0.2) is 0 Å². The van der Waals surface area contributed by atoms with Crippen LogP contribution < -0.4 is 9.96 Å². The lowest BCUT2D eigenvalue weighted by molar-refractivity contribution is -0.249. The van der Waals surface area contributed by atoms with Crippen LogP contribution in [0.1, 0.15) is 0 Å². The highest BCUT2D eigenvalue weighted by Gasteiger charge is 2.73. The Labute approximate surface area is 120 Å². The molecule has 0 heterocycles. The molecule has 0 spiro atoms. The predicted molar refractivity (Wildman–Crippen MR) is 51.0 cm³/mol. The smallest absolute Gasteiger partial charge is 0.353 e. The van der Waals surface area contributed by atoms with Gasteiger partial charge in [0, 0.05) is 0 Å². The second-order valence-electron chi connectivity index (χ2n) is 4.10. The highest BCUT2D eigenvalue weighted by atomic mass is 28.3. The van der Waals surface area contributed by atoms with Crippen molar-refractivity contribution < 1.29 is 57.9 Å². The molecular formula is C7H5F11N2O2Si. The number of halogens is 11. The number of hydrogen-bond donors (Lipinski definition) is 2. The first-order chi connectivity index (χ1) is 9.76. The van der Waals surface area contributed by atoms with Crippen LogP contribution in [0.15, 0.2) is 0 Å². The van der Waals surface area contributed by atoms with E-state index in [0.717, 1.165) is 0 Å². The van der Waals surface area contributed by atoms with Gasteiger partial charge in [0.1, 0.15) is 0 Å². The topological polar surface area (TPSA) is 58.2 Å². The Morgan fingerprint density at radius 3 is 1.13 bits per heavy atom. The zero-order chi connectivity index (χ0) is 19.1. The number of amides is 2. The van der Waals surface area contributed by atoms with Gasteiger partial charge in [-0.05, 0) is 6.55 Å². The van der Waals surface area contributed by atoms with E-state index in [-0.39, 0.29) is 9.96 Å². The molecule has 2 N–H and O–H groups in total. The van der Waals surface area contributed by atoms with Crippen LogP contribution in [0.3, 0.4) is 0 Å². The molecule has 0 aliphatic rings. The maximum absolute atomic E-state index is 13.2. The van der Waals surface area contributed by atoms with Gasteiger partial charge in [0.05, 0.1) is 0 Å². The van der Waals surface area contributed by atoms with Crippen molar-refractivity contribution in [1.29, 1.82) is 0 Å². The molecule has 0 saturated carbocycles. The molecule has 136 valence electrons.